The zero-order chi connectivity index (χ0) is 21.0. The molecule has 0 radical (unpaired) electrons. The summed E-state index contributed by atoms with van der Waals surface area (Å²) in [7, 11) is 5.02. The van der Waals surface area contributed by atoms with Crippen LogP contribution in [-0.4, -0.2) is 39.3 Å². The van der Waals surface area contributed by atoms with E-state index in [2.05, 4.69) is 15.3 Å². The predicted molar refractivity (Wildman–Crippen MR) is 115 cm³/mol. The van der Waals surface area contributed by atoms with E-state index in [1.807, 2.05) is 0 Å². The van der Waals surface area contributed by atoms with Crippen molar-refractivity contribution in [3.8, 4) is 5.75 Å². The van der Waals surface area contributed by atoms with Crippen LogP contribution in [0, 0.1) is 5.41 Å². The Balaban J connectivity index is 2.22. The third-order valence-electron chi connectivity index (χ3n) is 5.27. The third kappa shape index (κ3) is 2.22. The standard InChI is InChI=1S/C21H18N6O3/c1-23-8-11(7-22)17-16(29-3)6-12-18-19-14(10-25-12)26(2)21(28)27(19)13-9-24-5-4-15(13)30-20(17)18/h4-10,22-23H,1-3H3/b11-8+,22-7?. The number of hydrogen-bond acceptors (Lipinski definition) is 7. The van der Waals surface area contributed by atoms with Crippen LogP contribution >= 0.6 is 0 Å². The molecule has 0 atom stereocenters. The maximum atomic E-state index is 13.1. The molecule has 30 heavy (non-hydrogen) atoms. The minimum Gasteiger partial charge on any atom is -0.496 e. The highest BCUT2D eigenvalue weighted by Gasteiger charge is 2.23. The summed E-state index contributed by atoms with van der Waals surface area (Å²) in [5.74, 6) is 0.511. The molecule has 1 aromatic carbocycles. The number of rotatable bonds is 4. The first-order valence-corrected chi connectivity index (χ1v) is 9.22. The van der Waals surface area contributed by atoms with E-state index in [1.165, 1.54) is 6.21 Å². The number of ether oxygens (including phenoxy) is 1. The van der Waals surface area contributed by atoms with E-state index in [-0.39, 0.29) is 5.69 Å². The van der Waals surface area contributed by atoms with Crippen LogP contribution in [0.25, 0.3) is 44.2 Å². The lowest BCUT2D eigenvalue weighted by Gasteiger charge is -2.12. The van der Waals surface area contributed by atoms with E-state index in [9.17, 15) is 4.79 Å². The molecule has 0 aliphatic heterocycles. The molecule has 0 bridgehead atoms. The quantitative estimate of drug-likeness (QED) is 0.447. The molecule has 5 rings (SSSR count). The molecule has 0 spiro atoms. The van der Waals surface area contributed by atoms with Gasteiger partial charge in [-0.15, -0.1) is 0 Å². The van der Waals surface area contributed by atoms with Crippen LogP contribution in [0.15, 0.2) is 46.1 Å². The maximum Gasteiger partial charge on any atom is 0.333 e. The molecule has 0 aliphatic rings. The average molecular weight is 402 g/mol. The summed E-state index contributed by atoms with van der Waals surface area (Å²) < 4.78 is 15.2. The van der Waals surface area contributed by atoms with Crippen LogP contribution in [0.5, 0.6) is 5.75 Å². The van der Waals surface area contributed by atoms with Gasteiger partial charge in [0, 0.05) is 50.4 Å². The summed E-state index contributed by atoms with van der Waals surface area (Å²) in [6, 6.07) is 3.50. The van der Waals surface area contributed by atoms with E-state index >= 15 is 0 Å². The Bertz CT molecular complexity index is 1570. The van der Waals surface area contributed by atoms with Crippen molar-refractivity contribution < 1.29 is 9.15 Å². The zero-order valence-corrected chi connectivity index (χ0v) is 16.6. The zero-order valence-electron chi connectivity index (χ0n) is 16.6. The molecule has 0 saturated carbocycles. The smallest absolute Gasteiger partial charge is 0.333 e. The van der Waals surface area contributed by atoms with Crippen molar-refractivity contribution in [1.29, 1.82) is 5.41 Å². The Kier molecular flexibility index (Phi) is 3.85. The highest BCUT2D eigenvalue weighted by atomic mass is 16.5. The number of aromatic nitrogens is 4. The summed E-state index contributed by atoms with van der Waals surface area (Å²) in [5, 5.41) is 11.6. The third-order valence-corrected chi connectivity index (χ3v) is 5.27. The minimum absolute atomic E-state index is 0.222. The number of benzene rings is 1. The summed E-state index contributed by atoms with van der Waals surface area (Å²) in [4.78, 5) is 21.9. The van der Waals surface area contributed by atoms with Gasteiger partial charge in [-0.05, 0) is 0 Å². The lowest BCUT2D eigenvalue weighted by molar-refractivity contribution is 0.414. The molecule has 4 aromatic heterocycles. The van der Waals surface area contributed by atoms with Crippen molar-refractivity contribution in [3.63, 3.8) is 0 Å². The van der Waals surface area contributed by atoms with Crippen LogP contribution in [0.3, 0.4) is 0 Å². The Hall–Kier alpha value is -4.14. The van der Waals surface area contributed by atoms with E-state index in [0.29, 0.717) is 55.5 Å². The van der Waals surface area contributed by atoms with Gasteiger partial charge in [0.15, 0.2) is 11.2 Å². The summed E-state index contributed by atoms with van der Waals surface area (Å²) in [6.45, 7) is 0. The van der Waals surface area contributed by atoms with Crippen molar-refractivity contribution in [3.05, 3.63) is 53.0 Å². The summed E-state index contributed by atoms with van der Waals surface area (Å²) >= 11 is 0. The Labute approximate surface area is 169 Å². The van der Waals surface area contributed by atoms with Gasteiger partial charge in [-0.1, -0.05) is 0 Å². The molecule has 0 amide bonds. The molecule has 5 aromatic rings. The SMILES string of the molecule is CN/C=C(\C=N)c1c(OC)cc2ncc3c4c2c1oc1ccncc1n4c(=O)n3C. The van der Waals surface area contributed by atoms with Gasteiger partial charge in [0.2, 0.25) is 0 Å². The lowest BCUT2D eigenvalue weighted by Crippen LogP contribution is -2.17. The number of aryl methyl sites for hydroxylation is 1. The topological polar surface area (TPSA) is 110 Å². The Morgan fingerprint density at radius 3 is 2.90 bits per heavy atom. The van der Waals surface area contributed by atoms with E-state index in [1.54, 1.807) is 67.1 Å². The van der Waals surface area contributed by atoms with Gasteiger partial charge < -0.3 is 19.9 Å². The van der Waals surface area contributed by atoms with Gasteiger partial charge >= 0.3 is 5.69 Å². The van der Waals surface area contributed by atoms with Crippen molar-refractivity contribution in [2.24, 2.45) is 7.05 Å². The molecule has 150 valence electrons. The summed E-state index contributed by atoms with van der Waals surface area (Å²) in [6.07, 6.45) is 7.80. The number of fused-ring (bicyclic) bond motifs is 2. The molecule has 2 N–H and O–H groups in total. The number of hydrogen-bond donors (Lipinski definition) is 2. The fourth-order valence-corrected chi connectivity index (χ4v) is 3.93. The van der Waals surface area contributed by atoms with Crippen molar-refractivity contribution in [1.82, 2.24) is 24.3 Å². The van der Waals surface area contributed by atoms with E-state index in [0.717, 1.165) is 0 Å². The fraction of sp³-hybridized carbons (Fsp3) is 0.143. The monoisotopic (exact) mass is 402 g/mol. The number of imidazole rings is 1. The highest BCUT2D eigenvalue weighted by molar-refractivity contribution is 6.20. The lowest BCUT2D eigenvalue weighted by atomic mass is 10.0. The minimum atomic E-state index is -0.222. The predicted octanol–water partition coefficient (Wildman–Crippen LogP) is 2.70. The van der Waals surface area contributed by atoms with Crippen molar-refractivity contribution in [2.75, 3.05) is 14.2 Å². The second kappa shape index (κ2) is 6.45. The molecule has 0 aliphatic carbocycles. The first kappa shape index (κ1) is 17.9. The first-order valence-electron chi connectivity index (χ1n) is 9.22. The van der Waals surface area contributed by atoms with Gasteiger partial charge in [-0.2, -0.15) is 0 Å². The number of nitrogens with zero attached hydrogens (tertiary/aromatic N) is 4. The second-order valence-electron chi connectivity index (χ2n) is 6.82. The van der Waals surface area contributed by atoms with Crippen LogP contribution in [0.2, 0.25) is 0 Å². The van der Waals surface area contributed by atoms with Crippen LogP contribution in [-0.2, 0) is 7.05 Å². The Morgan fingerprint density at radius 1 is 1.33 bits per heavy atom. The van der Waals surface area contributed by atoms with Crippen LogP contribution < -0.4 is 15.7 Å². The first-order chi connectivity index (χ1) is 14.6. The normalized spacial score (nSPS) is 12.3. The fourth-order valence-electron chi connectivity index (χ4n) is 3.93. The van der Waals surface area contributed by atoms with Crippen molar-refractivity contribution in [2.45, 2.75) is 0 Å². The molecular formula is C21H18N6O3. The molecule has 4 heterocycles. The van der Waals surface area contributed by atoms with Gasteiger partial charge in [0.05, 0.1) is 47.0 Å². The van der Waals surface area contributed by atoms with Gasteiger partial charge in [0.25, 0.3) is 0 Å². The van der Waals surface area contributed by atoms with E-state index < -0.39 is 0 Å². The molecule has 9 heteroatoms. The molecule has 0 unspecified atom stereocenters. The van der Waals surface area contributed by atoms with Gasteiger partial charge in [0.1, 0.15) is 11.3 Å². The average Bonchev–Trinajstić information content (AvgIpc) is 2.92. The number of methoxy groups -OCH3 is 1. The number of allylic oxidation sites excluding steroid dienone is 1. The largest absolute Gasteiger partial charge is 0.496 e. The number of nitrogens with one attached hydrogen (secondary N) is 2. The maximum absolute atomic E-state index is 13.1. The molecule has 0 saturated heterocycles. The summed E-state index contributed by atoms with van der Waals surface area (Å²) in [5.41, 5.74) is 4.37. The van der Waals surface area contributed by atoms with Gasteiger partial charge in [-0.3, -0.25) is 18.9 Å². The second-order valence-corrected chi connectivity index (χ2v) is 6.82. The highest BCUT2D eigenvalue weighted by Crippen LogP contribution is 2.39. The number of pyridine rings is 2. The Morgan fingerprint density at radius 2 is 2.17 bits per heavy atom. The van der Waals surface area contributed by atoms with Crippen LogP contribution in [0.4, 0.5) is 0 Å². The molecule has 0 fully saturated rings. The van der Waals surface area contributed by atoms with E-state index in [4.69, 9.17) is 14.6 Å². The van der Waals surface area contributed by atoms with Crippen molar-refractivity contribution >= 4 is 50.4 Å². The van der Waals surface area contributed by atoms with Crippen LogP contribution in [0.1, 0.15) is 5.56 Å². The molecule has 9 nitrogen and oxygen atoms in total. The van der Waals surface area contributed by atoms with Gasteiger partial charge in [-0.25, -0.2) is 4.79 Å². The molecular weight excluding hydrogens is 384 g/mol.